The number of nitrogens with zero attached hydrogens (tertiary/aromatic N) is 2. The Kier molecular flexibility index (Phi) is 11.3. The van der Waals surface area contributed by atoms with Crippen LogP contribution in [0.25, 0.3) is 0 Å². The third-order valence-electron chi connectivity index (χ3n) is 6.09. The van der Waals surface area contributed by atoms with E-state index < -0.39 is 16.1 Å². The number of amides is 2. The Hall–Kier alpha value is -2.10. The van der Waals surface area contributed by atoms with Crippen LogP contribution < -0.4 is 9.62 Å². The van der Waals surface area contributed by atoms with E-state index in [1.165, 1.54) is 4.31 Å². The highest BCUT2D eigenvalue weighted by atomic mass is 79.9. The van der Waals surface area contributed by atoms with Crippen molar-refractivity contribution < 1.29 is 18.0 Å². The van der Waals surface area contributed by atoms with E-state index in [1.54, 1.807) is 36.9 Å². The van der Waals surface area contributed by atoms with E-state index >= 15 is 0 Å². The fourth-order valence-corrected chi connectivity index (χ4v) is 5.13. The Morgan fingerprint density at radius 2 is 1.75 bits per heavy atom. The normalized spacial score (nSPS) is 13.1. The maximum absolute atomic E-state index is 13.4. The van der Waals surface area contributed by atoms with Gasteiger partial charge in [-0.25, -0.2) is 8.42 Å². The first-order chi connectivity index (χ1) is 16.8. The van der Waals surface area contributed by atoms with Crippen molar-refractivity contribution in [1.82, 2.24) is 10.2 Å². The molecule has 2 atom stereocenters. The molecular weight excluding hydrogens is 566 g/mol. The molecule has 7 nitrogen and oxygen atoms in total. The average Bonchev–Trinajstić information content (AvgIpc) is 2.82. The zero-order valence-electron chi connectivity index (χ0n) is 21.4. The van der Waals surface area contributed by atoms with Crippen LogP contribution in [0.15, 0.2) is 46.9 Å². The predicted molar refractivity (Wildman–Crippen MR) is 150 cm³/mol. The Morgan fingerprint density at radius 3 is 2.33 bits per heavy atom. The number of carbonyl (C=O) groups excluding carboxylic acids is 2. The number of hydrogen-bond donors (Lipinski definition) is 1. The van der Waals surface area contributed by atoms with Crippen molar-refractivity contribution in [3.63, 3.8) is 0 Å². The molecular formula is C26H35BrClN3O4S. The lowest BCUT2D eigenvalue weighted by Crippen LogP contribution is -2.49. The van der Waals surface area contributed by atoms with E-state index in [1.807, 2.05) is 38.1 Å². The lowest BCUT2D eigenvalue weighted by molar-refractivity contribution is -0.140. The highest BCUT2D eigenvalue weighted by Crippen LogP contribution is 2.28. The summed E-state index contributed by atoms with van der Waals surface area (Å²) in [5.74, 6) is -0.442. The van der Waals surface area contributed by atoms with Crippen molar-refractivity contribution in [3.05, 3.63) is 63.1 Å². The lowest BCUT2D eigenvalue weighted by atomic mass is 10.1. The Balaban J connectivity index is 2.20. The standard InChI is InChI=1S/C26H35BrClN3O4S/c1-6-18(2)29-26(33)20(4)30(17-21-12-14-22(27)15-13-21)25(32)11-8-16-31(36(5,34)35)24-10-7-9-23(28)19(24)3/h7,9-10,12-15,18,20H,6,8,11,16-17H2,1-5H3,(H,29,33)/t18-,20-/m0/s1. The number of benzene rings is 2. The SMILES string of the molecule is CC[C@H](C)NC(=O)[C@H](C)N(Cc1ccc(Br)cc1)C(=O)CCCN(c1cccc(Cl)c1C)S(C)(=O)=O. The molecule has 0 bridgehead atoms. The summed E-state index contributed by atoms with van der Waals surface area (Å²) in [6.07, 6.45) is 2.29. The average molecular weight is 601 g/mol. The molecule has 0 aliphatic heterocycles. The number of anilines is 1. The zero-order valence-corrected chi connectivity index (χ0v) is 24.6. The largest absolute Gasteiger partial charge is 0.352 e. The molecule has 10 heteroatoms. The number of carbonyl (C=O) groups is 2. The van der Waals surface area contributed by atoms with E-state index in [2.05, 4.69) is 21.2 Å². The van der Waals surface area contributed by atoms with Crippen LogP contribution in [-0.4, -0.2) is 50.0 Å². The summed E-state index contributed by atoms with van der Waals surface area (Å²) in [6.45, 7) is 7.76. The highest BCUT2D eigenvalue weighted by molar-refractivity contribution is 9.10. The molecule has 0 radical (unpaired) electrons. The van der Waals surface area contributed by atoms with Gasteiger partial charge in [-0.15, -0.1) is 0 Å². The molecule has 0 aliphatic rings. The molecule has 2 aromatic carbocycles. The van der Waals surface area contributed by atoms with Crippen LogP contribution in [0.1, 0.15) is 51.2 Å². The Bertz CT molecular complexity index is 1160. The van der Waals surface area contributed by atoms with Gasteiger partial charge in [-0.05, 0) is 69.0 Å². The topological polar surface area (TPSA) is 86.8 Å². The molecule has 0 saturated carbocycles. The molecule has 36 heavy (non-hydrogen) atoms. The molecule has 0 unspecified atom stereocenters. The quantitative estimate of drug-likeness (QED) is 0.359. The second-order valence-corrected chi connectivity index (χ2v) is 12.2. The molecule has 2 amide bonds. The van der Waals surface area contributed by atoms with E-state index in [0.29, 0.717) is 16.3 Å². The molecule has 2 aromatic rings. The summed E-state index contributed by atoms with van der Waals surface area (Å²) >= 11 is 9.62. The van der Waals surface area contributed by atoms with Gasteiger partial charge in [0, 0.05) is 35.0 Å². The number of nitrogens with one attached hydrogen (secondary N) is 1. The van der Waals surface area contributed by atoms with Crippen LogP contribution in [0.2, 0.25) is 5.02 Å². The van der Waals surface area contributed by atoms with Crippen LogP contribution in [0, 0.1) is 6.92 Å². The Morgan fingerprint density at radius 1 is 1.11 bits per heavy atom. The van der Waals surface area contributed by atoms with Gasteiger partial charge in [-0.1, -0.05) is 52.7 Å². The lowest BCUT2D eigenvalue weighted by Gasteiger charge is -2.30. The first-order valence-electron chi connectivity index (χ1n) is 11.9. The molecule has 0 heterocycles. The molecule has 0 aromatic heterocycles. The van der Waals surface area contributed by atoms with Gasteiger partial charge in [-0.3, -0.25) is 13.9 Å². The number of rotatable bonds is 12. The van der Waals surface area contributed by atoms with Gasteiger partial charge in [-0.2, -0.15) is 0 Å². The highest BCUT2D eigenvalue weighted by Gasteiger charge is 2.27. The number of halogens is 2. The van der Waals surface area contributed by atoms with Gasteiger partial charge in [0.15, 0.2) is 0 Å². The van der Waals surface area contributed by atoms with Crippen molar-refractivity contribution in [2.24, 2.45) is 0 Å². The molecule has 2 rings (SSSR count). The van der Waals surface area contributed by atoms with Crippen molar-refractivity contribution in [2.45, 2.75) is 65.6 Å². The van der Waals surface area contributed by atoms with Gasteiger partial charge in [0.05, 0.1) is 11.9 Å². The van der Waals surface area contributed by atoms with E-state index in [9.17, 15) is 18.0 Å². The van der Waals surface area contributed by atoms with Crippen molar-refractivity contribution >= 4 is 55.1 Å². The minimum absolute atomic E-state index is 0.00571. The van der Waals surface area contributed by atoms with Crippen molar-refractivity contribution in [2.75, 3.05) is 17.1 Å². The van der Waals surface area contributed by atoms with Gasteiger partial charge < -0.3 is 10.2 Å². The third kappa shape index (κ3) is 8.49. The minimum atomic E-state index is -3.59. The van der Waals surface area contributed by atoms with Gasteiger partial charge in [0.1, 0.15) is 6.04 Å². The van der Waals surface area contributed by atoms with Crippen molar-refractivity contribution in [1.29, 1.82) is 0 Å². The van der Waals surface area contributed by atoms with Crippen LogP contribution in [0.3, 0.4) is 0 Å². The van der Waals surface area contributed by atoms with Crippen LogP contribution >= 0.6 is 27.5 Å². The molecule has 1 N–H and O–H groups in total. The third-order valence-corrected chi connectivity index (χ3v) is 8.21. The maximum atomic E-state index is 13.4. The summed E-state index contributed by atoms with van der Waals surface area (Å²) in [6, 6.07) is 12.0. The smallest absolute Gasteiger partial charge is 0.242 e. The summed E-state index contributed by atoms with van der Waals surface area (Å²) in [4.78, 5) is 27.8. The molecule has 0 fully saturated rings. The second-order valence-electron chi connectivity index (χ2n) is 8.96. The van der Waals surface area contributed by atoms with E-state index in [4.69, 9.17) is 11.6 Å². The first-order valence-corrected chi connectivity index (χ1v) is 14.9. The summed E-state index contributed by atoms with van der Waals surface area (Å²) in [7, 11) is -3.59. The summed E-state index contributed by atoms with van der Waals surface area (Å²) < 4.78 is 27.3. The van der Waals surface area contributed by atoms with E-state index in [0.717, 1.165) is 22.7 Å². The predicted octanol–water partition coefficient (Wildman–Crippen LogP) is 5.29. The van der Waals surface area contributed by atoms with Gasteiger partial charge >= 0.3 is 0 Å². The number of hydrogen-bond acceptors (Lipinski definition) is 4. The minimum Gasteiger partial charge on any atom is -0.352 e. The fraction of sp³-hybridized carbons (Fsp3) is 0.462. The molecule has 198 valence electrons. The Labute approximate surface area is 228 Å². The summed E-state index contributed by atoms with van der Waals surface area (Å²) in [5.41, 5.74) is 2.04. The molecule has 0 spiro atoms. The second kappa shape index (κ2) is 13.4. The maximum Gasteiger partial charge on any atom is 0.242 e. The molecule has 0 aliphatic carbocycles. The molecule has 0 saturated heterocycles. The zero-order chi connectivity index (χ0) is 27.0. The van der Waals surface area contributed by atoms with Gasteiger partial charge in [0.2, 0.25) is 21.8 Å². The number of sulfonamides is 1. The van der Waals surface area contributed by atoms with E-state index in [-0.39, 0.29) is 43.8 Å². The monoisotopic (exact) mass is 599 g/mol. The van der Waals surface area contributed by atoms with Crippen LogP contribution in [0.5, 0.6) is 0 Å². The van der Waals surface area contributed by atoms with Crippen LogP contribution in [-0.2, 0) is 26.2 Å². The van der Waals surface area contributed by atoms with Crippen LogP contribution in [0.4, 0.5) is 5.69 Å². The summed E-state index contributed by atoms with van der Waals surface area (Å²) in [5, 5.41) is 3.42. The van der Waals surface area contributed by atoms with Crippen molar-refractivity contribution in [3.8, 4) is 0 Å². The first kappa shape index (κ1) is 30.1. The fourth-order valence-electron chi connectivity index (χ4n) is 3.68. The van der Waals surface area contributed by atoms with Gasteiger partial charge in [0.25, 0.3) is 0 Å².